The number of hydrogen-bond donors (Lipinski definition) is 2. The van der Waals surface area contributed by atoms with Crippen molar-refractivity contribution in [1.29, 1.82) is 0 Å². The van der Waals surface area contributed by atoms with Crippen LogP contribution in [-0.4, -0.2) is 21.4 Å². The quantitative estimate of drug-likeness (QED) is 0.445. The first-order chi connectivity index (χ1) is 7.16. The Labute approximate surface area is 116 Å². The summed E-state index contributed by atoms with van der Waals surface area (Å²) in [6.07, 6.45) is -0.129. The largest absolute Gasteiger partial charge is 0.399 e. The van der Waals surface area contributed by atoms with Gasteiger partial charge in [0.05, 0.1) is 0 Å². The van der Waals surface area contributed by atoms with E-state index >= 15 is 0 Å². The van der Waals surface area contributed by atoms with Crippen LogP contribution >= 0.6 is 38.5 Å². The molecule has 90 valence electrons. The number of alkyl halides is 2. The SMILES string of the molecule is CS(=O)(=O)[C@@](Br)(I)[C@@H](O)c1cccc(N)c1. The van der Waals surface area contributed by atoms with E-state index in [2.05, 4.69) is 15.9 Å². The minimum absolute atomic E-state index is 0.455. The number of nitrogens with two attached hydrogens (primary N) is 1. The highest BCUT2D eigenvalue weighted by molar-refractivity contribution is 14.1. The van der Waals surface area contributed by atoms with Crippen molar-refractivity contribution in [3.05, 3.63) is 29.8 Å². The van der Waals surface area contributed by atoms with Gasteiger partial charge in [-0.25, -0.2) is 8.42 Å². The van der Waals surface area contributed by atoms with Crippen molar-refractivity contribution in [3.8, 4) is 0 Å². The van der Waals surface area contributed by atoms with Crippen LogP contribution in [0.3, 0.4) is 0 Å². The molecule has 0 aliphatic heterocycles. The van der Waals surface area contributed by atoms with Gasteiger partial charge in [0.2, 0.25) is 1.66 Å². The molecule has 7 heteroatoms. The molecule has 0 aliphatic rings. The molecule has 4 nitrogen and oxygen atoms in total. The summed E-state index contributed by atoms with van der Waals surface area (Å²) in [5, 5.41) is 10.0. The highest BCUT2D eigenvalue weighted by Gasteiger charge is 2.43. The fourth-order valence-electron chi connectivity index (χ4n) is 1.13. The van der Waals surface area contributed by atoms with Crippen molar-refractivity contribution < 1.29 is 13.5 Å². The van der Waals surface area contributed by atoms with Crippen LogP contribution < -0.4 is 5.73 Å². The third-order valence-electron chi connectivity index (χ3n) is 2.04. The Bertz CT molecular complexity index is 489. The third-order valence-corrected chi connectivity index (χ3v) is 8.44. The van der Waals surface area contributed by atoms with E-state index in [1.807, 2.05) is 0 Å². The molecule has 1 aromatic carbocycles. The summed E-state index contributed by atoms with van der Waals surface area (Å²) in [6, 6.07) is 6.50. The van der Waals surface area contributed by atoms with Gasteiger partial charge in [-0.15, -0.1) is 0 Å². The number of anilines is 1. The number of hydrogen-bond acceptors (Lipinski definition) is 4. The van der Waals surface area contributed by atoms with Crippen molar-refractivity contribution in [2.75, 3.05) is 12.0 Å². The van der Waals surface area contributed by atoms with Crippen molar-refractivity contribution in [2.24, 2.45) is 0 Å². The lowest BCUT2D eigenvalue weighted by Crippen LogP contribution is -2.31. The van der Waals surface area contributed by atoms with Crippen LogP contribution in [0.15, 0.2) is 24.3 Å². The van der Waals surface area contributed by atoms with Gasteiger partial charge in [0.15, 0.2) is 9.84 Å². The summed E-state index contributed by atoms with van der Waals surface area (Å²) >= 11 is 4.70. The Morgan fingerprint density at radius 1 is 1.56 bits per heavy atom. The number of rotatable bonds is 3. The normalized spacial score (nSPS) is 17.8. The molecule has 0 bridgehead atoms. The summed E-state index contributed by atoms with van der Waals surface area (Å²) in [4.78, 5) is 0. The molecular formula is C9H11BrINO3S. The van der Waals surface area contributed by atoms with Gasteiger partial charge in [-0.2, -0.15) is 0 Å². The Balaban J connectivity index is 3.17. The first kappa shape index (κ1) is 14.2. The van der Waals surface area contributed by atoms with Crippen LogP contribution in [0, 0.1) is 0 Å². The maximum absolute atomic E-state index is 11.5. The minimum atomic E-state index is -3.45. The zero-order chi connectivity index (χ0) is 12.6. The van der Waals surface area contributed by atoms with Gasteiger partial charge in [0.1, 0.15) is 6.10 Å². The first-order valence-corrected chi connectivity index (χ1v) is 8.03. The molecule has 0 unspecified atom stereocenters. The van der Waals surface area contributed by atoms with Gasteiger partial charge in [0.25, 0.3) is 0 Å². The van der Waals surface area contributed by atoms with E-state index in [4.69, 9.17) is 5.73 Å². The molecular weight excluding hydrogens is 409 g/mol. The average Bonchev–Trinajstić information content (AvgIpc) is 2.14. The number of benzene rings is 1. The molecule has 1 aromatic rings. The molecule has 0 saturated heterocycles. The van der Waals surface area contributed by atoms with Gasteiger partial charge in [-0.1, -0.05) is 28.1 Å². The molecule has 0 spiro atoms. The van der Waals surface area contributed by atoms with Crippen LogP contribution in [0.5, 0.6) is 0 Å². The van der Waals surface area contributed by atoms with Crippen LogP contribution in [0.4, 0.5) is 5.69 Å². The second kappa shape index (κ2) is 4.79. The smallest absolute Gasteiger partial charge is 0.206 e. The van der Waals surface area contributed by atoms with E-state index in [0.717, 1.165) is 6.26 Å². The zero-order valence-electron chi connectivity index (χ0n) is 8.39. The monoisotopic (exact) mass is 419 g/mol. The molecule has 2 atom stereocenters. The number of aliphatic hydroxyl groups is 1. The van der Waals surface area contributed by atoms with Crippen molar-refractivity contribution in [3.63, 3.8) is 0 Å². The van der Waals surface area contributed by atoms with E-state index in [0.29, 0.717) is 11.3 Å². The van der Waals surface area contributed by atoms with E-state index in [-0.39, 0.29) is 0 Å². The molecule has 3 N–H and O–H groups in total. The van der Waals surface area contributed by atoms with E-state index in [1.165, 1.54) is 0 Å². The third kappa shape index (κ3) is 2.88. The number of aliphatic hydroxyl groups excluding tert-OH is 1. The van der Waals surface area contributed by atoms with Crippen molar-refractivity contribution >= 4 is 54.0 Å². The van der Waals surface area contributed by atoms with E-state index in [9.17, 15) is 13.5 Å². The predicted octanol–water partition coefficient (Wildman–Crippen LogP) is 1.83. The lowest BCUT2D eigenvalue weighted by Gasteiger charge is -2.25. The second-order valence-electron chi connectivity index (χ2n) is 3.41. The van der Waals surface area contributed by atoms with Gasteiger partial charge in [-0.3, -0.25) is 0 Å². The zero-order valence-corrected chi connectivity index (χ0v) is 13.0. The van der Waals surface area contributed by atoms with Crippen molar-refractivity contribution in [2.45, 2.75) is 7.77 Å². The van der Waals surface area contributed by atoms with Gasteiger partial charge >= 0.3 is 0 Å². The van der Waals surface area contributed by atoms with Crippen LogP contribution in [0.2, 0.25) is 0 Å². The molecule has 0 amide bonds. The molecule has 0 fully saturated rings. The average molecular weight is 420 g/mol. The molecule has 0 aromatic heterocycles. The fourth-order valence-corrected chi connectivity index (χ4v) is 2.29. The molecule has 0 saturated carbocycles. The Kier molecular flexibility index (Phi) is 4.25. The Hall–Kier alpha value is 0.140. The molecule has 16 heavy (non-hydrogen) atoms. The molecule has 0 heterocycles. The molecule has 0 aliphatic carbocycles. The highest BCUT2D eigenvalue weighted by atomic mass is 127. The second-order valence-corrected chi connectivity index (χ2v) is 11.3. The lowest BCUT2D eigenvalue weighted by atomic mass is 10.1. The number of nitrogen functional groups attached to an aromatic ring is 1. The van der Waals surface area contributed by atoms with Gasteiger partial charge < -0.3 is 10.8 Å². The Morgan fingerprint density at radius 3 is 2.56 bits per heavy atom. The Morgan fingerprint density at radius 2 is 2.12 bits per heavy atom. The van der Waals surface area contributed by atoms with Gasteiger partial charge in [-0.05, 0) is 40.3 Å². The summed E-state index contributed by atoms with van der Waals surface area (Å²) in [6.45, 7) is 0. The summed E-state index contributed by atoms with van der Waals surface area (Å²) in [5.74, 6) is 0. The summed E-state index contributed by atoms with van der Waals surface area (Å²) < 4.78 is 21.6. The standard InChI is InChI=1S/C9H11BrINO3S/c1-16(14,15)9(10,11)8(13)6-3-2-4-7(12)5-6/h2-5,8,13H,12H2,1H3/t8-,9-/m0/s1. The lowest BCUT2D eigenvalue weighted by molar-refractivity contribution is 0.191. The maximum atomic E-state index is 11.5. The fraction of sp³-hybridized carbons (Fsp3) is 0.333. The molecule has 0 radical (unpaired) electrons. The first-order valence-electron chi connectivity index (χ1n) is 4.27. The van der Waals surface area contributed by atoms with Gasteiger partial charge in [0, 0.05) is 11.9 Å². The van der Waals surface area contributed by atoms with E-state index in [1.54, 1.807) is 46.9 Å². The summed E-state index contributed by atoms with van der Waals surface area (Å²) in [5.41, 5.74) is 6.50. The predicted molar refractivity (Wildman–Crippen MR) is 76.3 cm³/mol. The number of halogens is 2. The van der Waals surface area contributed by atoms with Crippen molar-refractivity contribution in [1.82, 2.24) is 0 Å². The minimum Gasteiger partial charge on any atom is -0.399 e. The highest BCUT2D eigenvalue weighted by Crippen LogP contribution is 2.44. The van der Waals surface area contributed by atoms with Crippen LogP contribution in [-0.2, 0) is 9.84 Å². The molecule has 1 rings (SSSR count). The maximum Gasteiger partial charge on any atom is 0.206 e. The van der Waals surface area contributed by atoms with E-state index < -0.39 is 17.6 Å². The topological polar surface area (TPSA) is 80.4 Å². The van der Waals surface area contributed by atoms with Crippen LogP contribution in [0.1, 0.15) is 11.7 Å². The summed E-state index contributed by atoms with van der Waals surface area (Å²) in [7, 11) is -3.45. The van der Waals surface area contributed by atoms with Crippen LogP contribution in [0.25, 0.3) is 0 Å². The number of sulfone groups is 1.